The molecule has 1 fully saturated rings. The molecule has 0 radical (unpaired) electrons. The molecule has 1 aliphatic heterocycles. The van der Waals surface area contributed by atoms with Crippen molar-refractivity contribution in [3.63, 3.8) is 0 Å². The largest absolute Gasteiger partial charge is 0.475 e. The lowest BCUT2D eigenvalue weighted by Gasteiger charge is -2.15. The van der Waals surface area contributed by atoms with E-state index in [2.05, 4.69) is 11.3 Å². The molecule has 0 aromatic heterocycles. The van der Waals surface area contributed by atoms with Crippen molar-refractivity contribution in [2.75, 3.05) is 6.61 Å². The van der Waals surface area contributed by atoms with Crippen LogP contribution in [0.25, 0.3) is 0 Å². The van der Waals surface area contributed by atoms with Crippen molar-refractivity contribution in [2.45, 2.75) is 32.2 Å². The van der Waals surface area contributed by atoms with Crippen LogP contribution < -0.4 is 0 Å². The number of ketones is 1. The molecule has 1 saturated heterocycles. The number of hydrogen-bond acceptors (Lipinski definition) is 6. The number of cyclic esters (lactones) is 1. The van der Waals surface area contributed by atoms with Gasteiger partial charge in [0.2, 0.25) is 5.78 Å². The van der Waals surface area contributed by atoms with Gasteiger partial charge in [-0.05, 0) is 0 Å². The second-order valence-electron chi connectivity index (χ2n) is 4.13. The second kappa shape index (κ2) is 5.29. The second-order valence-corrected chi connectivity index (χ2v) is 4.13. The molecular weight excluding hydrogens is 228 g/mol. The Hall–Kier alpha value is -1.40. The molecule has 1 heterocycles. The summed E-state index contributed by atoms with van der Waals surface area (Å²) in [5, 5.41) is 18.0. The number of allylic oxidation sites excluding steroid dienone is 1. The summed E-state index contributed by atoms with van der Waals surface area (Å²) in [6.45, 7) is 6.51. The summed E-state index contributed by atoms with van der Waals surface area (Å²) in [5.74, 6) is -1.32. The van der Waals surface area contributed by atoms with Gasteiger partial charge in [0.05, 0.1) is 12.4 Å². The quantitative estimate of drug-likeness (QED) is 0.380. The van der Waals surface area contributed by atoms with E-state index in [1.165, 1.54) is 0 Å². The molecule has 2 N–H and O–H groups in total. The molecule has 1 rings (SSSR count). The normalized spacial score (nSPS) is 25.9. The fraction of sp³-hybridized carbons (Fsp3) is 0.636. The van der Waals surface area contributed by atoms with Crippen LogP contribution in [0.15, 0.2) is 12.3 Å². The molecule has 0 saturated carbocycles. The van der Waals surface area contributed by atoms with Gasteiger partial charge in [0, 0.05) is 5.92 Å². The third-order valence-corrected chi connectivity index (χ3v) is 2.45. The van der Waals surface area contributed by atoms with E-state index >= 15 is 0 Å². The third-order valence-electron chi connectivity index (χ3n) is 2.45. The van der Waals surface area contributed by atoms with Crippen LogP contribution in [0, 0.1) is 5.92 Å². The number of carbonyl (C=O) groups is 2. The molecule has 1 aliphatic rings. The van der Waals surface area contributed by atoms with Crippen LogP contribution in [-0.2, 0) is 19.1 Å². The van der Waals surface area contributed by atoms with E-state index in [0.717, 1.165) is 0 Å². The van der Waals surface area contributed by atoms with E-state index in [1.807, 2.05) is 0 Å². The smallest absolute Gasteiger partial charge is 0.356 e. The van der Waals surface area contributed by atoms with Crippen molar-refractivity contribution in [3.8, 4) is 0 Å². The van der Waals surface area contributed by atoms with E-state index in [-0.39, 0.29) is 5.92 Å². The zero-order valence-electron chi connectivity index (χ0n) is 9.75. The minimum absolute atomic E-state index is 0.0441. The maximum Gasteiger partial charge on any atom is 0.356 e. The summed E-state index contributed by atoms with van der Waals surface area (Å²) in [4.78, 5) is 23.1. The maximum absolute atomic E-state index is 11.7. The van der Waals surface area contributed by atoms with Crippen LogP contribution in [0.5, 0.6) is 0 Å². The standard InChI is InChI=1S/C11H16O6/c1-5(2)6(3)16-10-8(14)9(7(13)4-12)17-11(10)15/h5,7,9-10,12-13H,3-4H2,1-2H3. The summed E-state index contributed by atoms with van der Waals surface area (Å²) in [6, 6.07) is 0. The van der Waals surface area contributed by atoms with Crippen molar-refractivity contribution in [2.24, 2.45) is 5.92 Å². The predicted octanol–water partition coefficient (Wildman–Crippen LogP) is -0.611. The topological polar surface area (TPSA) is 93.1 Å². The first-order valence-corrected chi connectivity index (χ1v) is 5.27. The van der Waals surface area contributed by atoms with Crippen LogP contribution in [0.2, 0.25) is 0 Å². The number of rotatable bonds is 5. The molecule has 6 nitrogen and oxygen atoms in total. The molecule has 17 heavy (non-hydrogen) atoms. The first kappa shape index (κ1) is 13.7. The van der Waals surface area contributed by atoms with Gasteiger partial charge in [-0.2, -0.15) is 0 Å². The highest BCUT2D eigenvalue weighted by atomic mass is 16.6. The summed E-state index contributed by atoms with van der Waals surface area (Å²) >= 11 is 0. The Morgan fingerprint density at radius 2 is 2.12 bits per heavy atom. The average molecular weight is 244 g/mol. The zero-order chi connectivity index (χ0) is 13.2. The van der Waals surface area contributed by atoms with Gasteiger partial charge >= 0.3 is 5.97 Å². The highest BCUT2D eigenvalue weighted by molar-refractivity contribution is 6.09. The number of carbonyl (C=O) groups excluding carboxylic acids is 2. The van der Waals surface area contributed by atoms with E-state index in [4.69, 9.17) is 9.84 Å². The Kier molecular flexibility index (Phi) is 4.25. The molecule has 0 amide bonds. The van der Waals surface area contributed by atoms with Gasteiger partial charge in [0.25, 0.3) is 6.10 Å². The Morgan fingerprint density at radius 1 is 1.53 bits per heavy atom. The Balaban J connectivity index is 2.72. The van der Waals surface area contributed by atoms with Crippen molar-refractivity contribution in [1.82, 2.24) is 0 Å². The molecule has 0 spiro atoms. The molecular formula is C11H16O6. The number of aliphatic hydroxyl groups is 2. The number of hydrogen-bond donors (Lipinski definition) is 2. The molecule has 6 heteroatoms. The minimum Gasteiger partial charge on any atom is -0.475 e. The first-order chi connectivity index (χ1) is 7.88. The molecule has 0 aromatic carbocycles. The zero-order valence-corrected chi connectivity index (χ0v) is 9.75. The molecule has 3 atom stereocenters. The van der Waals surface area contributed by atoms with Gasteiger partial charge in [0.1, 0.15) is 6.10 Å². The first-order valence-electron chi connectivity index (χ1n) is 5.27. The van der Waals surface area contributed by atoms with Gasteiger partial charge in [-0.15, -0.1) is 0 Å². The predicted molar refractivity (Wildman–Crippen MR) is 56.8 cm³/mol. The third kappa shape index (κ3) is 2.83. The lowest BCUT2D eigenvalue weighted by molar-refractivity contribution is -0.152. The van der Waals surface area contributed by atoms with Gasteiger partial charge in [0.15, 0.2) is 6.10 Å². The average Bonchev–Trinajstić information content (AvgIpc) is 2.55. The Bertz CT molecular complexity index is 335. The van der Waals surface area contributed by atoms with Crippen molar-refractivity contribution in [1.29, 1.82) is 0 Å². The van der Waals surface area contributed by atoms with E-state index < -0.39 is 36.7 Å². The Morgan fingerprint density at radius 3 is 2.59 bits per heavy atom. The van der Waals surface area contributed by atoms with Crippen LogP contribution in [0.3, 0.4) is 0 Å². The number of ether oxygens (including phenoxy) is 2. The van der Waals surface area contributed by atoms with Crippen LogP contribution >= 0.6 is 0 Å². The molecule has 0 aromatic rings. The highest BCUT2D eigenvalue weighted by Crippen LogP contribution is 2.21. The highest BCUT2D eigenvalue weighted by Gasteiger charge is 2.48. The lowest BCUT2D eigenvalue weighted by Crippen LogP contribution is -2.37. The maximum atomic E-state index is 11.7. The lowest BCUT2D eigenvalue weighted by atomic mass is 10.1. The molecule has 0 aliphatic carbocycles. The van der Waals surface area contributed by atoms with Crippen molar-refractivity contribution in [3.05, 3.63) is 12.3 Å². The molecule has 3 unspecified atom stereocenters. The van der Waals surface area contributed by atoms with Crippen molar-refractivity contribution >= 4 is 11.8 Å². The van der Waals surface area contributed by atoms with Gasteiger partial charge in [-0.25, -0.2) is 4.79 Å². The number of aliphatic hydroxyl groups excluding tert-OH is 2. The number of Topliss-reactive ketones (excluding diaryl/α,β-unsaturated/α-hetero) is 1. The Labute approximate surface area is 98.8 Å². The van der Waals surface area contributed by atoms with Gasteiger partial charge in [-0.1, -0.05) is 20.4 Å². The van der Waals surface area contributed by atoms with Crippen LogP contribution in [0.1, 0.15) is 13.8 Å². The SMILES string of the molecule is C=C(OC1C(=O)OC(C(O)CO)C1=O)C(C)C. The summed E-state index contributed by atoms with van der Waals surface area (Å²) in [6.07, 6.45) is -4.18. The summed E-state index contributed by atoms with van der Waals surface area (Å²) < 4.78 is 9.77. The van der Waals surface area contributed by atoms with E-state index in [0.29, 0.717) is 5.76 Å². The van der Waals surface area contributed by atoms with Gasteiger partial charge in [-0.3, -0.25) is 4.79 Å². The minimum atomic E-state index is -1.42. The molecule has 96 valence electrons. The number of esters is 1. The van der Waals surface area contributed by atoms with Crippen LogP contribution in [-0.4, -0.2) is 46.9 Å². The molecule has 0 bridgehead atoms. The fourth-order valence-electron chi connectivity index (χ4n) is 1.27. The van der Waals surface area contributed by atoms with Crippen molar-refractivity contribution < 1.29 is 29.3 Å². The summed E-state index contributed by atoms with van der Waals surface area (Å²) in [7, 11) is 0. The fourth-order valence-corrected chi connectivity index (χ4v) is 1.27. The summed E-state index contributed by atoms with van der Waals surface area (Å²) in [5.41, 5.74) is 0. The van der Waals surface area contributed by atoms with E-state index in [1.54, 1.807) is 13.8 Å². The van der Waals surface area contributed by atoms with E-state index in [9.17, 15) is 14.7 Å². The van der Waals surface area contributed by atoms with Crippen LogP contribution in [0.4, 0.5) is 0 Å². The monoisotopic (exact) mass is 244 g/mol. The van der Waals surface area contributed by atoms with Gasteiger partial charge < -0.3 is 19.7 Å².